The van der Waals surface area contributed by atoms with Crippen LogP contribution in [-0.4, -0.2) is 166 Å². The van der Waals surface area contributed by atoms with Crippen molar-refractivity contribution >= 4 is 166 Å². The minimum absolute atomic E-state index is 1.42. The summed E-state index contributed by atoms with van der Waals surface area (Å²) in [4.78, 5) is 0. The van der Waals surface area contributed by atoms with Crippen molar-refractivity contribution in [3.63, 3.8) is 0 Å². The summed E-state index contributed by atoms with van der Waals surface area (Å²) in [6, 6.07) is 0. The van der Waals surface area contributed by atoms with Crippen LogP contribution in [0.1, 0.15) is 0 Å². The summed E-state index contributed by atoms with van der Waals surface area (Å²) in [6.45, 7) is 6.68. The topological polar surface area (TPSA) is 343 Å². The average molecular weight is 988 g/mol. The number of hydrogen-bond acceptors (Lipinski definition) is 21. The molecule has 240 valence electrons. The summed E-state index contributed by atoms with van der Waals surface area (Å²) in [5.74, 6) is 0. The van der Waals surface area contributed by atoms with Crippen LogP contribution in [0.15, 0.2) is 0 Å². The molecule has 0 amide bonds. The van der Waals surface area contributed by atoms with E-state index in [2.05, 4.69) is 0 Å². The third kappa shape index (κ3) is 13.3. The zero-order chi connectivity index (χ0) is 36.6. The van der Waals surface area contributed by atoms with Crippen LogP contribution in [0.3, 0.4) is 0 Å². The van der Waals surface area contributed by atoms with Gasteiger partial charge in [0.15, 0.2) is 8.32 Å². The molecule has 0 aliphatic heterocycles. The molecule has 0 fully saturated rings. The second-order valence-electron chi connectivity index (χ2n) is 8.95. The zero-order valence-electron chi connectivity index (χ0n) is 23.2. The quantitative estimate of drug-likeness (QED) is 0.0909. The van der Waals surface area contributed by atoms with Gasteiger partial charge in [-0.2, -0.15) is 0 Å². The molecule has 0 saturated heterocycles. The van der Waals surface area contributed by atoms with Crippen LogP contribution in [0, 0.1) is 0 Å². The molecule has 0 aliphatic carbocycles. The number of hydrogen-bond donors (Lipinski definition) is 0. The van der Waals surface area contributed by atoms with Gasteiger partial charge < -0.3 is 93.0 Å². The molecule has 0 aromatic carbocycles. The molecule has 0 radical (unpaired) electrons. The maximum atomic E-state index is 12.5. The summed E-state index contributed by atoms with van der Waals surface area (Å²) in [7, 11) is -81.3. The molecule has 0 aliphatic rings. The lowest BCUT2D eigenvalue weighted by Gasteiger charge is -2.22. The van der Waals surface area contributed by atoms with Gasteiger partial charge in [-0.1, -0.05) is 0 Å². The number of rotatable bonds is 22. The Kier molecular flexibility index (Phi) is 20.6. The van der Waals surface area contributed by atoms with Crippen molar-refractivity contribution < 1.29 is 93.0 Å². The first-order valence-corrected chi connectivity index (χ1v) is 61.4. The maximum absolute atomic E-state index is 12.5. The van der Waals surface area contributed by atoms with Gasteiger partial charge in [0.1, 0.15) is 0 Å². The van der Waals surface area contributed by atoms with Gasteiger partial charge in [0.05, 0.1) is 0 Å². The molecule has 0 N–H and O–H groups in total. The first kappa shape index (κ1) is 46.5. The van der Waals surface area contributed by atoms with Gasteiger partial charge in [0, 0.05) is 0 Å². The summed E-state index contributed by atoms with van der Waals surface area (Å²) >= 11 is 0. The Bertz CT molecular complexity index is 1670. The monoisotopic (exact) mass is 986 g/mol. The van der Waals surface area contributed by atoms with Gasteiger partial charge in [-0.15, -0.1) is 0 Å². The van der Waals surface area contributed by atoms with Crippen molar-refractivity contribution in [2.75, 3.05) is 0 Å². The lowest BCUT2D eigenvalue weighted by molar-refractivity contribution is 0.403. The van der Waals surface area contributed by atoms with Crippen molar-refractivity contribution in [1.82, 2.24) is 0 Å². The lowest BCUT2D eigenvalue weighted by atomic mass is 11.8. The van der Waals surface area contributed by atoms with Gasteiger partial charge in [-0.05, 0) is 26.2 Å². The highest BCUT2D eigenvalue weighted by molar-refractivity contribution is 7.82. The molecule has 46 heavy (non-hydrogen) atoms. The van der Waals surface area contributed by atoms with E-state index < -0.39 is 166 Å². The fraction of sp³-hybridized carbons (Fsp3) is 1.00. The van der Waals surface area contributed by atoms with Gasteiger partial charge >= 0.3 is 158 Å². The summed E-state index contributed by atoms with van der Waals surface area (Å²) in [5, 5.41) is 0. The predicted octanol–water partition coefficient (Wildman–Crippen LogP) is -8.59. The Morgan fingerprint density at radius 2 is 0.630 bits per heavy atom. The molecule has 0 heterocycles. The lowest BCUT2D eigenvalue weighted by Crippen LogP contribution is -2.56. The first-order valence-electron chi connectivity index (χ1n) is 11.4. The third-order valence-electron chi connectivity index (χ3n) is 4.40. The molecular formula is C4H14O21Si21. The molecule has 1 unspecified atom stereocenters. The van der Waals surface area contributed by atoms with E-state index in [1.54, 1.807) is 19.6 Å². The van der Waals surface area contributed by atoms with E-state index in [1.807, 2.05) is 0 Å². The molecule has 0 bridgehead atoms. The molecule has 0 aromatic rings. The van der Waals surface area contributed by atoms with Crippen LogP contribution in [0.4, 0.5) is 0 Å². The zero-order valence-corrected chi connectivity index (χ0v) is 44.5. The van der Waals surface area contributed by atoms with E-state index >= 15 is 0 Å². The van der Waals surface area contributed by atoms with Crippen LogP contribution in [-0.2, 0) is 93.0 Å². The minimum atomic E-state index is -4.39. The SMILES string of the molecule is C[SiH](O[Si](=O)[Si](=O)[Si](=O)[Si](=O)[Si](=O)[Si](=O)[Si](=O)[Si](=O)[Si](=O)[Si](=O)[Si](=O)[Si](=O)[Si](=O)[Si](=O)[Si](=O)[Si](=O)[Si](=O)[Si](=O)[SiH]=O)O[Si](C)(C)C. The highest BCUT2D eigenvalue weighted by Gasteiger charge is 2.56. The van der Waals surface area contributed by atoms with Crippen LogP contribution in [0.2, 0.25) is 26.2 Å². The molecule has 0 saturated carbocycles. The van der Waals surface area contributed by atoms with Crippen molar-refractivity contribution in [3.05, 3.63) is 0 Å². The van der Waals surface area contributed by atoms with Crippen molar-refractivity contribution in [2.45, 2.75) is 26.2 Å². The van der Waals surface area contributed by atoms with E-state index in [1.165, 1.54) is 6.55 Å². The van der Waals surface area contributed by atoms with Gasteiger partial charge in [-0.3, -0.25) is 0 Å². The van der Waals surface area contributed by atoms with Gasteiger partial charge in [0.2, 0.25) is 0 Å². The average Bonchev–Trinajstić information content (AvgIpc) is 3.00. The minimum Gasteiger partial charge on any atom is -0.560 e. The normalized spacial score (nSPS) is 11.0. The molecule has 1 atom stereocenters. The first-order chi connectivity index (χ1) is 20.8. The van der Waals surface area contributed by atoms with Crippen molar-refractivity contribution in [3.8, 4) is 0 Å². The predicted molar refractivity (Wildman–Crippen MR) is 162 cm³/mol. The fourth-order valence-electron chi connectivity index (χ4n) is 2.43. The molecule has 42 heteroatoms. The summed E-state index contributed by atoms with van der Waals surface area (Å²) in [5.41, 5.74) is 0. The Labute approximate surface area is 283 Å². The third-order valence-corrected chi connectivity index (χ3v) is 146. The molecule has 0 rings (SSSR count). The largest absolute Gasteiger partial charge is 0.560 e. The maximum Gasteiger partial charge on any atom is 0.533 e. The Morgan fingerprint density at radius 3 is 0.848 bits per heavy atom. The fourth-order valence-corrected chi connectivity index (χ4v) is 205. The summed E-state index contributed by atoms with van der Waals surface area (Å²) < 4.78 is 242. The molecule has 0 aromatic heterocycles. The Balaban J connectivity index is 5.63. The summed E-state index contributed by atoms with van der Waals surface area (Å²) in [6.07, 6.45) is 0. The second kappa shape index (κ2) is 20.4. The van der Waals surface area contributed by atoms with Crippen LogP contribution in [0.5, 0.6) is 0 Å². The Morgan fingerprint density at radius 1 is 0.413 bits per heavy atom. The molecule has 0 spiro atoms. The highest BCUT2D eigenvalue weighted by atomic mass is 30.1. The van der Waals surface area contributed by atoms with Crippen LogP contribution >= 0.6 is 0 Å². The highest BCUT2D eigenvalue weighted by Crippen LogP contribution is 2.05. The van der Waals surface area contributed by atoms with E-state index in [-0.39, 0.29) is 0 Å². The van der Waals surface area contributed by atoms with E-state index in [0.717, 1.165) is 0 Å². The van der Waals surface area contributed by atoms with Crippen molar-refractivity contribution in [2.24, 2.45) is 0 Å². The molecular weight excluding hydrogens is 974 g/mol. The Hall–Kier alpha value is 0.515. The standard InChI is InChI=1S/C4H14O21Si21/c1-27(25-46(2,3)4)24-28(6)30(8)32(10)34(12)36(14)38(16)40(18)42(20)44(22)45(23)43(21)41(19)39(17)37(15)35(13)33(11)31(9)29(7)26-5/h26-27H,1-4H3. The van der Waals surface area contributed by atoms with Crippen LogP contribution in [0.25, 0.3) is 0 Å². The van der Waals surface area contributed by atoms with Crippen LogP contribution < -0.4 is 0 Å². The smallest absolute Gasteiger partial charge is 0.533 e. The van der Waals surface area contributed by atoms with Crippen molar-refractivity contribution in [1.29, 1.82) is 0 Å². The van der Waals surface area contributed by atoms with E-state index in [9.17, 15) is 84.8 Å². The van der Waals surface area contributed by atoms with Gasteiger partial charge in [0.25, 0.3) is 0 Å². The van der Waals surface area contributed by atoms with E-state index in [0.29, 0.717) is 0 Å². The van der Waals surface area contributed by atoms with E-state index in [4.69, 9.17) is 8.23 Å². The van der Waals surface area contributed by atoms with Gasteiger partial charge in [-0.25, -0.2) is 0 Å². The molecule has 21 nitrogen and oxygen atoms in total. The second-order valence-corrected chi connectivity index (χ2v) is 103.